The van der Waals surface area contributed by atoms with Gasteiger partial charge in [-0.1, -0.05) is 15.9 Å². The highest BCUT2D eigenvalue weighted by atomic mass is 79.9. The van der Waals surface area contributed by atoms with Crippen LogP contribution >= 0.6 is 31.9 Å². The molecule has 17 heavy (non-hydrogen) atoms. The molecule has 0 bridgehead atoms. The van der Waals surface area contributed by atoms with Gasteiger partial charge in [-0.25, -0.2) is 4.79 Å². The maximum absolute atomic E-state index is 10.5. The summed E-state index contributed by atoms with van der Waals surface area (Å²) in [6.45, 7) is 3.83. The lowest BCUT2D eigenvalue weighted by atomic mass is 10.2. The average molecular weight is 364 g/mol. The number of benzene rings is 1. The second-order valence-corrected chi connectivity index (χ2v) is 5.41. The van der Waals surface area contributed by atoms with Crippen LogP contribution < -0.4 is 4.74 Å². The molecule has 5 heteroatoms. The fraction of sp³-hybridized carbons (Fsp3) is 0.250. The van der Waals surface area contributed by atoms with Gasteiger partial charge in [-0.2, -0.15) is 0 Å². The van der Waals surface area contributed by atoms with Gasteiger partial charge in [0.15, 0.2) is 0 Å². The zero-order valence-corrected chi connectivity index (χ0v) is 12.6. The number of rotatable bonds is 4. The minimum absolute atomic E-state index is 0.0180. The summed E-state index contributed by atoms with van der Waals surface area (Å²) in [5.41, 5.74) is 0.711. The maximum atomic E-state index is 10.5. The lowest BCUT2D eigenvalue weighted by Crippen LogP contribution is -2.07. The molecule has 3 nitrogen and oxygen atoms in total. The number of ether oxygens (including phenoxy) is 1. The summed E-state index contributed by atoms with van der Waals surface area (Å²) in [5.74, 6) is -0.350. The molecule has 0 aliphatic rings. The van der Waals surface area contributed by atoms with Crippen LogP contribution in [-0.4, -0.2) is 17.2 Å². The molecular formula is C12H12Br2O3. The van der Waals surface area contributed by atoms with Crippen molar-refractivity contribution in [3.63, 3.8) is 0 Å². The third-order valence-corrected chi connectivity index (χ3v) is 2.84. The van der Waals surface area contributed by atoms with Gasteiger partial charge in [0.25, 0.3) is 0 Å². The van der Waals surface area contributed by atoms with Gasteiger partial charge in [-0.3, -0.25) is 0 Å². The predicted octanol–water partition coefficient (Wildman–Crippen LogP) is 4.10. The van der Waals surface area contributed by atoms with Crippen molar-refractivity contribution in [3.8, 4) is 5.75 Å². The first-order valence-corrected chi connectivity index (χ1v) is 6.55. The van der Waals surface area contributed by atoms with Crippen molar-refractivity contribution in [2.24, 2.45) is 0 Å². The summed E-state index contributed by atoms with van der Waals surface area (Å²) >= 11 is 6.75. The molecule has 0 aromatic heterocycles. The number of aliphatic carboxylic acids is 1. The third kappa shape index (κ3) is 4.52. The first-order valence-electron chi connectivity index (χ1n) is 4.97. The van der Waals surface area contributed by atoms with Gasteiger partial charge in [0.1, 0.15) is 5.75 Å². The van der Waals surface area contributed by atoms with Crippen molar-refractivity contribution in [2.45, 2.75) is 20.0 Å². The van der Waals surface area contributed by atoms with Crippen LogP contribution in [0.5, 0.6) is 5.75 Å². The maximum Gasteiger partial charge on any atom is 0.328 e. The van der Waals surface area contributed by atoms with E-state index < -0.39 is 5.97 Å². The largest absolute Gasteiger partial charge is 0.489 e. The molecule has 1 N–H and O–H groups in total. The van der Waals surface area contributed by atoms with Gasteiger partial charge in [0.2, 0.25) is 0 Å². The van der Waals surface area contributed by atoms with Crippen molar-refractivity contribution in [3.05, 3.63) is 32.7 Å². The zero-order valence-electron chi connectivity index (χ0n) is 9.41. The van der Waals surface area contributed by atoms with Crippen molar-refractivity contribution in [1.29, 1.82) is 0 Å². The van der Waals surface area contributed by atoms with E-state index in [0.29, 0.717) is 11.3 Å². The van der Waals surface area contributed by atoms with Gasteiger partial charge in [0, 0.05) is 16.1 Å². The molecule has 1 aromatic rings. The molecule has 1 rings (SSSR count). The summed E-state index contributed by atoms with van der Waals surface area (Å²) in [6, 6.07) is 3.66. The van der Waals surface area contributed by atoms with E-state index in [0.717, 1.165) is 15.0 Å². The van der Waals surface area contributed by atoms with E-state index in [2.05, 4.69) is 31.9 Å². The first kappa shape index (κ1) is 14.3. The normalized spacial score (nSPS) is 11.1. The molecule has 0 saturated carbocycles. The van der Waals surface area contributed by atoms with E-state index in [1.807, 2.05) is 26.0 Å². The van der Waals surface area contributed by atoms with E-state index in [1.165, 1.54) is 6.08 Å². The summed E-state index contributed by atoms with van der Waals surface area (Å²) in [6.07, 6.45) is 2.61. The second-order valence-electron chi connectivity index (χ2n) is 3.64. The van der Waals surface area contributed by atoms with Gasteiger partial charge < -0.3 is 9.84 Å². The Labute approximate surface area is 117 Å². The van der Waals surface area contributed by atoms with Crippen LogP contribution in [0.1, 0.15) is 19.4 Å². The Morgan fingerprint density at radius 2 is 2.06 bits per heavy atom. The molecule has 0 radical (unpaired) electrons. The van der Waals surface area contributed by atoms with Crippen molar-refractivity contribution in [1.82, 2.24) is 0 Å². The smallest absolute Gasteiger partial charge is 0.328 e. The van der Waals surface area contributed by atoms with E-state index in [4.69, 9.17) is 9.84 Å². The molecule has 0 atom stereocenters. The Kier molecular flexibility index (Phi) is 5.21. The molecule has 0 unspecified atom stereocenters. The lowest BCUT2D eigenvalue weighted by molar-refractivity contribution is -0.131. The number of halogens is 2. The monoisotopic (exact) mass is 362 g/mol. The minimum atomic E-state index is -0.989. The highest BCUT2D eigenvalue weighted by Crippen LogP contribution is 2.34. The fourth-order valence-electron chi connectivity index (χ4n) is 1.23. The first-order chi connectivity index (χ1) is 7.90. The Hall–Kier alpha value is -0.810. The molecule has 0 spiro atoms. The molecule has 0 heterocycles. The molecule has 0 aliphatic carbocycles. The van der Waals surface area contributed by atoms with E-state index in [1.54, 1.807) is 0 Å². The molecule has 0 aliphatic heterocycles. The third-order valence-electron chi connectivity index (χ3n) is 1.80. The summed E-state index contributed by atoms with van der Waals surface area (Å²) in [5, 5.41) is 8.64. The zero-order chi connectivity index (χ0) is 13.0. The van der Waals surface area contributed by atoms with Crippen LogP contribution in [0.3, 0.4) is 0 Å². The summed E-state index contributed by atoms with van der Waals surface area (Å²) in [7, 11) is 0. The Bertz CT molecular complexity index is 453. The van der Waals surface area contributed by atoms with Gasteiger partial charge in [-0.05, 0) is 48.0 Å². The minimum Gasteiger partial charge on any atom is -0.489 e. The topological polar surface area (TPSA) is 46.5 Å². The highest BCUT2D eigenvalue weighted by Gasteiger charge is 2.10. The summed E-state index contributed by atoms with van der Waals surface area (Å²) in [4.78, 5) is 10.5. The van der Waals surface area contributed by atoms with E-state index in [-0.39, 0.29) is 6.10 Å². The van der Waals surface area contributed by atoms with Gasteiger partial charge in [0.05, 0.1) is 10.6 Å². The Morgan fingerprint density at radius 1 is 1.41 bits per heavy atom. The molecule has 0 fully saturated rings. The molecule has 0 saturated heterocycles. The molecule has 0 amide bonds. The SMILES string of the molecule is CC(C)Oc1c(Br)cc(Br)cc1C=CC(=O)O. The number of carboxylic acids is 1. The van der Waals surface area contributed by atoms with Crippen LogP contribution in [0, 0.1) is 0 Å². The Balaban J connectivity index is 3.20. The number of carbonyl (C=O) groups is 1. The Morgan fingerprint density at radius 3 is 2.59 bits per heavy atom. The predicted molar refractivity (Wildman–Crippen MR) is 74.3 cm³/mol. The van der Waals surface area contributed by atoms with E-state index in [9.17, 15) is 4.79 Å². The number of hydrogen-bond acceptors (Lipinski definition) is 2. The number of carboxylic acid groups (broad SMARTS) is 1. The molecule has 1 aromatic carbocycles. The van der Waals surface area contributed by atoms with Crippen LogP contribution in [0.4, 0.5) is 0 Å². The van der Waals surface area contributed by atoms with Gasteiger partial charge >= 0.3 is 5.97 Å². The molecular weight excluding hydrogens is 352 g/mol. The van der Waals surface area contributed by atoms with Crippen LogP contribution in [-0.2, 0) is 4.79 Å². The summed E-state index contributed by atoms with van der Waals surface area (Å²) < 4.78 is 7.29. The van der Waals surface area contributed by atoms with Crippen LogP contribution in [0.15, 0.2) is 27.2 Å². The van der Waals surface area contributed by atoms with Crippen molar-refractivity contribution in [2.75, 3.05) is 0 Å². The highest BCUT2D eigenvalue weighted by molar-refractivity contribution is 9.11. The van der Waals surface area contributed by atoms with Crippen molar-refractivity contribution < 1.29 is 14.6 Å². The van der Waals surface area contributed by atoms with E-state index >= 15 is 0 Å². The lowest BCUT2D eigenvalue weighted by Gasteiger charge is -2.14. The standard InChI is InChI=1S/C12H12Br2O3/c1-7(2)17-12-8(3-4-11(15)16)5-9(13)6-10(12)14/h3-7H,1-2H3,(H,15,16). The second kappa shape index (κ2) is 6.21. The van der Waals surface area contributed by atoms with Crippen LogP contribution in [0.2, 0.25) is 0 Å². The van der Waals surface area contributed by atoms with Crippen LogP contribution in [0.25, 0.3) is 6.08 Å². The quantitative estimate of drug-likeness (QED) is 0.819. The fourth-order valence-corrected chi connectivity index (χ4v) is 2.58. The molecule has 92 valence electrons. The number of hydrogen-bond donors (Lipinski definition) is 1. The van der Waals surface area contributed by atoms with Gasteiger partial charge in [-0.15, -0.1) is 0 Å². The van der Waals surface area contributed by atoms with Crippen molar-refractivity contribution >= 4 is 43.9 Å². The average Bonchev–Trinajstić information content (AvgIpc) is 2.18.